The molecule has 0 saturated heterocycles. The number of carbonyl (C=O) groups excluding carboxylic acids is 1. The molecule has 1 unspecified atom stereocenters. The van der Waals surface area contributed by atoms with Crippen LogP contribution in [0.3, 0.4) is 0 Å². The maximum atomic E-state index is 12.1. The van der Waals surface area contributed by atoms with E-state index in [1.807, 2.05) is 53.3 Å². The average Bonchev–Trinajstić information content (AvgIpc) is 3.22. The fraction of sp³-hybridized carbons (Fsp3) is 0.333. The van der Waals surface area contributed by atoms with Crippen LogP contribution in [-0.4, -0.2) is 36.4 Å². The number of alkyl halides is 1. The molecule has 1 atom stereocenters. The van der Waals surface area contributed by atoms with Crippen molar-refractivity contribution in [2.45, 2.75) is 36.2 Å². The molecule has 2 heterocycles. The zero-order valence-corrected chi connectivity index (χ0v) is 17.8. The molecular formula is C21H24IN5O. The van der Waals surface area contributed by atoms with Gasteiger partial charge in [0.15, 0.2) is 0 Å². The van der Waals surface area contributed by atoms with Gasteiger partial charge in [0.25, 0.3) is 5.91 Å². The summed E-state index contributed by atoms with van der Waals surface area (Å²) in [4.78, 5) is 16.2. The summed E-state index contributed by atoms with van der Waals surface area (Å²) in [6.45, 7) is 1.57. The summed E-state index contributed by atoms with van der Waals surface area (Å²) in [5.74, 6) is -0.00197. The summed E-state index contributed by atoms with van der Waals surface area (Å²) >= 11 is 2.42. The van der Waals surface area contributed by atoms with Gasteiger partial charge in [0, 0.05) is 40.5 Å². The predicted molar refractivity (Wildman–Crippen MR) is 118 cm³/mol. The first-order valence-electron chi connectivity index (χ1n) is 9.50. The molecule has 0 spiro atoms. The van der Waals surface area contributed by atoms with E-state index in [1.54, 1.807) is 12.4 Å². The number of halogens is 1. The van der Waals surface area contributed by atoms with Crippen molar-refractivity contribution in [2.75, 3.05) is 6.54 Å². The first-order valence-corrected chi connectivity index (χ1v) is 10.7. The van der Waals surface area contributed by atoms with Gasteiger partial charge < -0.3 is 5.32 Å². The number of aromatic nitrogens is 4. The second-order valence-corrected chi connectivity index (χ2v) is 8.39. The largest absolute Gasteiger partial charge is 0.351 e. The molecule has 0 fully saturated rings. The second-order valence-electron chi connectivity index (χ2n) is 6.63. The van der Waals surface area contributed by atoms with E-state index < -0.39 is 0 Å². The molecule has 0 bridgehead atoms. The topological polar surface area (TPSA) is 72.7 Å². The molecule has 146 valence electrons. The van der Waals surface area contributed by atoms with Gasteiger partial charge in [-0.05, 0) is 37.1 Å². The highest BCUT2D eigenvalue weighted by atomic mass is 127. The normalized spacial score (nSPS) is 11.9. The minimum absolute atomic E-state index is 0.00197. The van der Waals surface area contributed by atoms with Crippen LogP contribution in [-0.2, 0) is 6.54 Å². The molecular weight excluding hydrogens is 465 g/mol. The summed E-state index contributed by atoms with van der Waals surface area (Å²) in [6.07, 6.45) is 9.95. The average molecular weight is 489 g/mol. The molecule has 0 saturated carbocycles. The van der Waals surface area contributed by atoms with Crippen molar-refractivity contribution in [3.05, 3.63) is 66.6 Å². The summed E-state index contributed by atoms with van der Waals surface area (Å²) in [5.41, 5.74) is 2.55. The number of unbranched alkanes of at least 4 members (excludes halogenated alkanes) is 2. The van der Waals surface area contributed by atoms with Gasteiger partial charge in [-0.1, -0.05) is 58.8 Å². The van der Waals surface area contributed by atoms with Crippen LogP contribution < -0.4 is 5.32 Å². The van der Waals surface area contributed by atoms with Crippen LogP contribution in [0.5, 0.6) is 0 Å². The SMILES string of the molecule is O=C(NCC(I)CCCCCn1cc(-c2cccnc2)nn1)c1ccccc1. The van der Waals surface area contributed by atoms with E-state index >= 15 is 0 Å². The third kappa shape index (κ3) is 6.40. The molecule has 2 aromatic heterocycles. The van der Waals surface area contributed by atoms with E-state index in [0.717, 1.165) is 43.5 Å². The number of hydrogen-bond donors (Lipinski definition) is 1. The van der Waals surface area contributed by atoms with Crippen molar-refractivity contribution in [1.82, 2.24) is 25.3 Å². The van der Waals surface area contributed by atoms with Crippen LogP contribution in [0.15, 0.2) is 61.1 Å². The second kappa shape index (κ2) is 10.9. The molecule has 0 radical (unpaired) electrons. The summed E-state index contributed by atoms with van der Waals surface area (Å²) in [5, 5.41) is 11.4. The highest BCUT2D eigenvalue weighted by Gasteiger charge is 2.09. The summed E-state index contributed by atoms with van der Waals surface area (Å²) in [6, 6.07) is 13.2. The lowest BCUT2D eigenvalue weighted by Gasteiger charge is -2.11. The third-order valence-corrected chi connectivity index (χ3v) is 5.48. The molecule has 6 nitrogen and oxygen atoms in total. The van der Waals surface area contributed by atoms with E-state index in [9.17, 15) is 4.79 Å². The van der Waals surface area contributed by atoms with E-state index in [2.05, 4.69) is 43.2 Å². The van der Waals surface area contributed by atoms with Gasteiger partial charge in [0.1, 0.15) is 5.69 Å². The van der Waals surface area contributed by atoms with Crippen LogP contribution in [0.4, 0.5) is 0 Å². The molecule has 3 rings (SSSR count). The highest BCUT2D eigenvalue weighted by Crippen LogP contribution is 2.15. The van der Waals surface area contributed by atoms with Crippen molar-refractivity contribution in [1.29, 1.82) is 0 Å². The third-order valence-electron chi connectivity index (χ3n) is 4.42. The fourth-order valence-electron chi connectivity index (χ4n) is 2.87. The van der Waals surface area contributed by atoms with E-state index in [-0.39, 0.29) is 5.91 Å². The molecule has 0 aliphatic carbocycles. The Labute approximate surface area is 178 Å². The van der Waals surface area contributed by atoms with Crippen LogP contribution in [0.25, 0.3) is 11.3 Å². The number of aryl methyl sites for hydroxylation is 1. The number of carbonyl (C=O) groups is 1. The standard InChI is InChI=1S/C21H24IN5O/c22-19(15-24-21(28)17-8-3-1-4-9-17)11-5-2-6-13-27-16-20(25-26-27)18-10-7-12-23-14-18/h1,3-4,7-10,12,14,16,19H,2,5-6,11,13,15H2,(H,24,28). The number of rotatable bonds is 10. The lowest BCUT2D eigenvalue weighted by atomic mass is 10.1. The summed E-state index contributed by atoms with van der Waals surface area (Å²) in [7, 11) is 0. The van der Waals surface area contributed by atoms with Gasteiger partial charge in [-0.25, -0.2) is 0 Å². The number of nitrogens with zero attached hydrogens (tertiary/aromatic N) is 4. The Bertz CT molecular complexity index is 854. The Morgan fingerprint density at radius 1 is 1.11 bits per heavy atom. The Balaban J connectivity index is 1.29. The predicted octanol–water partition coefficient (Wildman–Crippen LogP) is 4.13. The molecule has 3 aromatic rings. The quantitative estimate of drug-likeness (QED) is 0.264. The van der Waals surface area contributed by atoms with Crippen molar-refractivity contribution in [2.24, 2.45) is 0 Å². The molecule has 7 heteroatoms. The maximum Gasteiger partial charge on any atom is 0.251 e. The zero-order valence-electron chi connectivity index (χ0n) is 15.7. The van der Waals surface area contributed by atoms with Crippen LogP contribution in [0.1, 0.15) is 36.0 Å². The lowest BCUT2D eigenvalue weighted by Crippen LogP contribution is -2.29. The summed E-state index contributed by atoms with van der Waals surface area (Å²) < 4.78 is 2.33. The molecule has 0 aliphatic rings. The minimum Gasteiger partial charge on any atom is -0.351 e. The smallest absolute Gasteiger partial charge is 0.251 e. The number of hydrogen-bond acceptors (Lipinski definition) is 4. The van der Waals surface area contributed by atoms with Gasteiger partial charge in [-0.3, -0.25) is 14.5 Å². The zero-order chi connectivity index (χ0) is 19.6. The van der Waals surface area contributed by atoms with Gasteiger partial charge in [-0.15, -0.1) is 5.10 Å². The van der Waals surface area contributed by atoms with E-state index in [1.165, 1.54) is 0 Å². The maximum absolute atomic E-state index is 12.1. The van der Waals surface area contributed by atoms with Crippen LogP contribution in [0.2, 0.25) is 0 Å². The Kier molecular flexibility index (Phi) is 7.95. The Morgan fingerprint density at radius 2 is 1.96 bits per heavy atom. The number of pyridine rings is 1. The first kappa shape index (κ1) is 20.4. The van der Waals surface area contributed by atoms with E-state index in [0.29, 0.717) is 16.0 Å². The number of amides is 1. The minimum atomic E-state index is -0.00197. The van der Waals surface area contributed by atoms with Crippen molar-refractivity contribution in [3.8, 4) is 11.3 Å². The van der Waals surface area contributed by atoms with Crippen molar-refractivity contribution < 1.29 is 4.79 Å². The van der Waals surface area contributed by atoms with Crippen LogP contribution in [0, 0.1) is 0 Å². The monoisotopic (exact) mass is 489 g/mol. The first-order chi connectivity index (χ1) is 13.7. The molecule has 1 N–H and O–H groups in total. The Morgan fingerprint density at radius 3 is 2.75 bits per heavy atom. The van der Waals surface area contributed by atoms with Gasteiger partial charge in [-0.2, -0.15) is 0 Å². The molecule has 1 amide bonds. The van der Waals surface area contributed by atoms with E-state index in [4.69, 9.17) is 0 Å². The Hall–Kier alpha value is -2.29. The lowest BCUT2D eigenvalue weighted by molar-refractivity contribution is 0.0954. The highest BCUT2D eigenvalue weighted by molar-refractivity contribution is 14.1. The molecule has 0 aliphatic heterocycles. The van der Waals surface area contributed by atoms with Crippen LogP contribution >= 0.6 is 22.6 Å². The number of nitrogens with one attached hydrogen (secondary N) is 1. The van der Waals surface area contributed by atoms with Crippen molar-refractivity contribution >= 4 is 28.5 Å². The molecule has 1 aromatic carbocycles. The van der Waals surface area contributed by atoms with Gasteiger partial charge in [0.05, 0.1) is 6.20 Å². The fourth-order valence-corrected chi connectivity index (χ4v) is 3.53. The number of benzene rings is 1. The van der Waals surface area contributed by atoms with Gasteiger partial charge in [0.2, 0.25) is 0 Å². The van der Waals surface area contributed by atoms with Crippen molar-refractivity contribution in [3.63, 3.8) is 0 Å². The van der Waals surface area contributed by atoms with Gasteiger partial charge >= 0.3 is 0 Å². The molecule has 28 heavy (non-hydrogen) atoms.